The fraction of sp³-hybridized carbons (Fsp3) is 0.619. The second-order valence-corrected chi connectivity index (χ2v) is 7.57. The molecule has 1 aromatic rings. The molecule has 1 aromatic carbocycles. The number of likely N-dealkylation sites (tertiary alicyclic amines) is 1. The quantitative estimate of drug-likeness (QED) is 0.878. The average molecular weight is 360 g/mol. The van der Waals surface area contributed by atoms with Crippen molar-refractivity contribution < 1.29 is 14.3 Å². The summed E-state index contributed by atoms with van der Waals surface area (Å²) in [6.45, 7) is 11.8. The minimum absolute atomic E-state index is 0.00716. The number of benzene rings is 1. The number of hydrogen-bond acceptors (Lipinski definition) is 3. The number of amides is 2. The van der Waals surface area contributed by atoms with E-state index in [0.717, 1.165) is 27.8 Å². The van der Waals surface area contributed by atoms with Gasteiger partial charge in [-0.15, -0.1) is 0 Å². The van der Waals surface area contributed by atoms with Gasteiger partial charge in [-0.25, -0.2) is 0 Å². The highest BCUT2D eigenvalue weighted by atomic mass is 16.5. The lowest BCUT2D eigenvalue weighted by Crippen LogP contribution is -2.45. The van der Waals surface area contributed by atoms with Gasteiger partial charge >= 0.3 is 0 Å². The SMILES string of the molecule is COCC(C)NC(=O)C1CCN(C(=O)c2c(C)c(C)cc(C)c2C)CC1. The Balaban J connectivity index is 2.02. The van der Waals surface area contributed by atoms with Crippen molar-refractivity contribution in [2.75, 3.05) is 26.8 Å². The fourth-order valence-electron chi connectivity index (χ4n) is 3.69. The lowest BCUT2D eigenvalue weighted by Gasteiger charge is -2.33. The van der Waals surface area contributed by atoms with E-state index in [1.54, 1.807) is 7.11 Å². The number of methoxy groups -OCH3 is 1. The molecule has 1 aliphatic heterocycles. The van der Waals surface area contributed by atoms with Crippen LogP contribution in [0.2, 0.25) is 0 Å². The number of carbonyl (C=O) groups is 2. The maximum absolute atomic E-state index is 13.1. The summed E-state index contributed by atoms with van der Waals surface area (Å²) < 4.78 is 5.06. The number of hydrogen-bond donors (Lipinski definition) is 1. The predicted octanol–water partition coefficient (Wildman–Crippen LogP) is 2.92. The van der Waals surface area contributed by atoms with Crippen LogP contribution in [-0.2, 0) is 9.53 Å². The van der Waals surface area contributed by atoms with Crippen LogP contribution in [0, 0.1) is 33.6 Å². The lowest BCUT2D eigenvalue weighted by molar-refractivity contribution is -0.127. The van der Waals surface area contributed by atoms with Gasteiger partial charge in [-0.05, 0) is 69.7 Å². The molecule has 144 valence electrons. The second-order valence-electron chi connectivity index (χ2n) is 7.57. The third-order valence-electron chi connectivity index (χ3n) is 5.54. The molecule has 1 saturated heterocycles. The van der Waals surface area contributed by atoms with Crippen LogP contribution in [0.15, 0.2) is 6.07 Å². The molecular weight excluding hydrogens is 328 g/mol. The van der Waals surface area contributed by atoms with Crippen molar-refractivity contribution in [3.05, 3.63) is 33.9 Å². The summed E-state index contributed by atoms with van der Waals surface area (Å²) in [6.07, 6.45) is 1.42. The molecule has 26 heavy (non-hydrogen) atoms. The molecular formula is C21H32N2O3. The molecule has 0 aromatic heterocycles. The van der Waals surface area contributed by atoms with Crippen molar-refractivity contribution >= 4 is 11.8 Å². The lowest BCUT2D eigenvalue weighted by atomic mass is 9.91. The van der Waals surface area contributed by atoms with E-state index in [1.165, 1.54) is 0 Å². The number of nitrogens with zero attached hydrogens (tertiary/aromatic N) is 1. The Hall–Kier alpha value is -1.88. The largest absolute Gasteiger partial charge is 0.383 e. The normalized spacial score (nSPS) is 16.5. The van der Waals surface area contributed by atoms with E-state index in [9.17, 15) is 9.59 Å². The van der Waals surface area contributed by atoms with E-state index in [-0.39, 0.29) is 23.8 Å². The van der Waals surface area contributed by atoms with Crippen LogP contribution in [0.3, 0.4) is 0 Å². The van der Waals surface area contributed by atoms with Crippen molar-refractivity contribution in [3.63, 3.8) is 0 Å². The molecule has 0 aliphatic carbocycles. The van der Waals surface area contributed by atoms with E-state index < -0.39 is 0 Å². The molecule has 1 heterocycles. The molecule has 0 saturated carbocycles. The molecule has 1 aliphatic rings. The highest BCUT2D eigenvalue weighted by molar-refractivity contribution is 5.98. The van der Waals surface area contributed by atoms with Crippen molar-refractivity contribution in [3.8, 4) is 0 Å². The highest BCUT2D eigenvalue weighted by Gasteiger charge is 2.29. The minimum atomic E-state index is -0.0280. The number of piperidine rings is 1. The molecule has 2 amide bonds. The van der Waals surface area contributed by atoms with Crippen molar-refractivity contribution in [1.29, 1.82) is 0 Å². The smallest absolute Gasteiger partial charge is 0.254 e. The summed E-state index contributed by atoms with van der Waals surface area (Å²) in [5.74, 6) is 0.138. The summed E-state index contributed by atoms with van der Waals surface area (Å²) in [4.78, 5) is 27.4. The highest BCUT2D eigenvalue weighted by Crippen LogP contribution is 2.26. The van der Waals surface area contributed by atoms with Crippen molar-refractivity contribution in [1.82, 2.24) is 10.2 Å². The van der Waals surface area contributed by atoms with Crippen LogP contribution >= 0.6 is 0 Å². The number of carbonyl (C=O) groups excluding carboxylic acids is 2. The zero-order valence-corrected chi connectivity index (χ0v) is 16.9. The molecule has 0 spiro atoms. The van der Waals surface area contributed by atoms with Gasteiger partial charge in [-0.2, -0.15) is 0 Å². The Morgan fingerprint density at radius 3 is 2.19 bits per heavy atom. The first-order valence-electron chi connectivity index (χ1n) is 9.42. The number of ether oxygens (including phenoxy) is 1. The Morgan fingerprint density at radius 1 is 1.15 bits per heavy atom. The fourth-order valence-corrected chi connectivity index (χ4v) is 3.69. The first-order chi connectivity index (χ1) is 12.3. The van der Waals surface area contributed by atoms with Gasteiger partial charge in [0.2, 0.25) is 5.91 Å². The maximum Gasteiger partial charge on any atom is 0.254 e. The number of rotatable bonds is 5. The van der Waals surface area contributed by atoms with Crippen LogP contribution < -0.4 is 5.32 Å². The van der Waals surface area contributed by atoms with E-state index >= 15 is 0 Å². The van der Waals surface area contributed by atoms with Crippen LogP contribution in [0.4, 0.5) is 0 Å². The third kappa shape index (κ3) is 4.44. The van der Waals surface area contributed by atoms with Crippen LogP contribution in [0.25, 0.3) is 0 Å². The van der Waals surface area contributed by atoms with E-state index in [4.69, 9.17) is 4.74 Å². The zero-order valence-electron chi connectivity index (χ0n) is 16.9. The molecule has 2 rings (SSSR count). The maximum atomic E-state index is 13.1. The molecule has 5 nitrogen and oxygen atoms in total. The van der Waals surface area contributed by atoms with Gasteiger partial charge in [0.1, 0.15) is 0 Å². The van der Waals surface area contributed by atoms with E-state index in [0.29, 0.717) is 32.5 Å². The van der Waals surface area contributed by atoms with Gasteiger partial charge in [0.05, 0.1) is 6.61 Å². The molecule has 1 atom stereocenters. The Labute approximate surface area is 157 Å². The first-order valence-corrected chi connectivity index (χ1v) is 9.42. The average Bonchev–Trinajstić information content (AvgIpc) is 2.60. The molecule has 5 heteroatoms. The van der Waals surface area contributed by atoms with Gasteiger partial charge < -0.3 is 15.0 Å². The summed E-state index contributed by atoms with van der Waals surface area (Å²) >= 11 is 0. The second kappa shape index (κ2) is 8.67. The molecule has 1 N–H and O–H groups in total. The third-order valence-corrected chi connectivity index (χ3v) is 5.54. The Morgan fingerprint density at radius 2 is 1.69 bits per heavy atom. The molecule has 1 fully saturated rings. The standard InChI is InChI=1S/C21H32N2O3/c1-13-11-14(2)17(5)19(16(13)4)21(25)23-9-7-18(8-10-23)20(24)22-15(3)12-26-6/h11,15,18H,7-10,12H2,1-6H3,(H,22,24). The van der Waals surface area contributed by atoms with Crippen LogP contribution in [0.5, 0.6) is 0 Å². The first kappa shape index (κ1) is 20.4. The van der Waals surface area contributed by atoms with Gasteiger partial charge in [-0.3, -0.25) is 9.59 Å². The number of aryl methyl sites for hydroxylation is 2. The molecule has 0 bridgehead atoms. The zero-order chi connectivity index (χ0) is 19.4. The van der Waals surface area contributed by atoms with Gasteiger partial charge in [0.15, 0.2) is 0 Å². The van der Waals surface area contributed by atoms with Gasteiger partial charge in [-0.1, -0.05) is 6.07 Å². The van der Waals surface area contributed by atoms with Crippen LogP contribution in [0.1, 0.15) is 52.4 Å². The Bertz CT molecular complexity index is 650. The molecule has 1 unspecified atom stereocenters. The monoisotopic (exact) mass is 360 g/mol. The van der Waals surface area contributed by atoms with E-state index in [1.807, 2.05) is 25.7 Å². The Kier molecular flexibility index (Phi) is 6.81. The van der Waals surface area contributed by atoms with E-state index in [2.05, 4.69) is 25.2 Å². The molecule has 0 radical (unpaired) electrons. The number of nitrogens with one attached hydrogen (secondary N) is 1. The predicted molar refractivity (Wildman–Crippen MR) is 103 cm³/mol. The van der Waals surface area contributed by atoms with Gasteiger partial charge in [0.25, 0.3) is 5.91 Å². The van der Waals surface area contributed by atoms with Gasteiger partial charge in [0, 0.05) is 37.7 Å². The summed E-state index contributed by atoms with van der Waals surface area (Å²) in [5, 5.41) is 2.99. The van der Waals surface area contributed by atoms with Crippen molar-refractivity contribution in [2.24, 2.45) is 5.92 Å². The summed E-state index contributed by atoms with van der Waals surface area (Å²) in [5.41, 5.74) is 5.26. The summed E-state index contributed by atoms with van der Waals surface area (Å²) in [6, 6.07) is 2.15. The van der Waals surface area contributed by atoms with Crippen LogP contribution in [-0.4, -0.2) is 49.6 Å². The minimum Gasteiger partial charge on any atom is -0.383 e. The topological polar surface area (TPSA) is 58.6 Å². The summed E-state index contributed by atoms with van der Waals surface area (Å²) in [7, 11) is 1.63. The van der Waals surface area contributed by atoms with Crippen molar-refractivity contribution in [2.45, 2.75) is 53.5 Å².